The first-order valence-corrected chi connectivity index (χ1v) is 4.57. The highest BCUT2D eigenvalue weighted by molar-refractivity contribution is 5.42. The van der Waals surface area contributed by atoms with E-state index in [1.165, 1.54) is 0 Å². The molecule has 1 aromatic carbocycles. The summed E-state index contributed by atoms with van der Waals surface area (Å²) in [5, 5.41) is 8.50. The minimum atomic E-state index is -0.667. The second-order valence-corrected chi connectivity index (χ2v) is 3.44. The average molecular weight is 189 g/mol. The second-order valence-electron chi connectivity index (χ2n) is 3.44. The van der Waals surface area contributed by atoms with Gasteiger partial charge in [-0.2, -0.15) is 5.26 Å². The van der Waals surface area contributed by atoms with E-state index >= 15 is 0 Å². The molecule has 0 aromatic heterocycles. The lowest BCUT2D eigenvalue weighted by Crippen LogP contribution is -2.34. The Morgan fingerprint density at radius 2 is 1.86 bits per heavy atom. The van der Waals surface area contributed by atoms with Gasteiger partial charge in [0.15, 0.2) is 11.5 Å². The Kier molecular flexibility index (Phi) is 2.05. The highest BCUT2D eigenvalue weighted by Crippen LogP contribution is 2.40. The maximum absolute atomic E-state index is 8.50. The molecule has 1 aliphatic rings. The average Bonchev–Trinajstić information content (AvgIpc) is 2.51. The fraction of sp³-hybridized carbons (Fsp3) is 0.364. The van der Waals surface area contributed by atoms with Crippen molar-refractivity contribution in [1.29, 1.82) is 5.26 Å². The SMILES string of the molecule is CC1(CCC#N)Oc2ccccc2O1. The number of hydrogen-bond acceptors (Lipinski definition) is 3. The molecule has 0 bridgehead atoms. The molecule has 1 heterocycles. The van der Waals surface area contributed by atoms with E-state index in [0.717, 1.165) is 11.5 Å². The van der Waals surface area contributed by atoms with E-state index in [-0.39, 0.29) is 0 Å². The summed E-state index contributed by atoms with van der Waals surface area (Å²) < 4.78 is 11.2. The Morgan fingerprint density at radius 3 is 2.36 bits per heavy atom. The summed E-state index contributed by atoms with van der Waals surface area (Å²) in [6, 6.07) is 9.62. The summed E-state index contributed by atoms with van der Waals surface area (Å²) >= 11 is 0. The third-order valence-corrected chi connectivity index (χ3v) is 2.19. The normalized spacial score (nSPS) is 16.3. The molecular formula is C11H11NO2. The lowest BCUT2D eigenvalue weighted by molar-refractivity contribution is -0.0668. The summed E-state index contributed by atoms with van der Waals surface area (Å²) in [7, 11) is 0. The molecule has 0 radical (unpaired) electrons. The topological polar surface area (TPSA) is 42.2 Å². The molecule has 0 amide bonds. The van der Waals surface area contributed by atoms with Crippen molar-refractivity contribution in [3.8, 4) is 17.6 Å². The molecule has 14 heavy (non-hydrogen) atoms. The Balaban J connectivity index is 2.14. The third kappa shape index (κ3) is 1.51. The van der Waals surface area contributed by atoms with Gasteiger partial charge in [0.05, 0.1) is 6.07 Å². The molecule has 2 rings (SSSR count). The summed E-state index contributed by atoms with van der Waals surface area (Å²) in [6.07, 6.45) is 1.02. The number of rotatable bonds is 2. The number of ether oxygens (including phenoxy) is 2. The zero-order chi connectivity index (χ0) is 10.0. The predicted octanol–water partition coefficient (Wildman–Crippen LogP) is 2.48. The van der Waals surface area contributed by atoms with Crippen molar-refractivity contribution >= 4 is 0 Å². The van der Waals surface area contributed by atoms with Gasteiger partial charge in [-0.25, -0.2) is 0 Å². The van der Waals surface area contributed by atoms with Gasteiger partial charge in [0, 0.05) is 19.8 Å². The zero-order valence-electron chi connectivity index (χ0n) is 7.99. The molecule has 3 heteroatoms. The van der Waals surface area contributed by atoms with Crippen molar-refractivity contribution in [2.45, 2.75) is 25.6 Å². The fourth-order valence-corrected chi connectivity index (χ4v) is 1.49. The Bertz CT molecular complexity index is 356. The third-order valence-electron chi connectivity index (χ3n) is 2.19. The van der Waals surface area contributed by atoms with Gasteiger partial charge in [-0.3, -0.25) is 0 Å². The van der Waals surface area contributed by atoms with Crippen LogP contribution in [0, 0.1) is 11.3 Å². The summed E-state index contributed by atoms with van der Waals surface area (Å²) in [5.74, 6) is 0.847. The minimum absolute atomic E-state index is 0.435. The van der Waals surface area contributed by atoms with Crippen molar-refractivity contribution in [2.75, 3.05) is 0 Å². The molecule has 0 atom stereocenters. The van der Waals surface area contributed by atoms with Crippen molar-refractivity contribution in [1.82, 2.24) is 0 Å². The van der Waals surface area contributed by atoms with Crippen LogP contribution in [0.1, 0.15) is 19.8 Å². The molecule has 0 saturated carbocycles. The van der Waals surface area contributed by atoms with Crippen molar-refractivity contribution in [3.63, 3.8) is 0 Å². The minimum Gasteiger partial charge on any atom is -0.449 e. The van der Waals surface area contributed by atoms with Crippen LogP contribution in [-0.2, 0) is 0 Å². The van der Waals surface area contributed by atoms with E-state index in [1.807, 2.05) is 31.2 Å². The first-order chi connectivity index (χ1) is 6.73. The number of nitrogens with zero attached hydrogens (tertiary/aromatic N) is 1. The van der Waals surface area contributed by atoms with E-state index in [9.17, 15) is 0 Å². The van der Waals surface area contributed by atoms with Crippen molar-refractivity contribution in [2.24, 2.45) is 0 Å². The lowest BCUT2D eigenvalue weighted by atomic mass is 10.2. The van der Waals surface area contributed by atoms with Crippen LogP contribution in [0.3, 0.4) is 0 Å². The fourth-order valence-electron chi connectivity index (χ4n) is 1.49. The molecule has 72 valence electrons. The molecule has 0 fully saturated rings. The molecule has 0 aliphatic carbocycles. The summed E-state index contributed by atoms with van der Waals surface area (Å²) in [4.78, 5) is 0. The van der Waals surface area contributed by atoms with Gasteiger partial charge in [0.25, 0.3) is 0 Å². The van der Waals surface area contributed by atoms with Crippen LogP contribution in [0.4, 0.5) is 0 Å². The van der Waals surface area contributed by atoms with Gasteiger partial charge in [0.1, 0.15) is 0 Å². The molecule has 3 nitrogen and oxygen atoms in total. The second kappa shape index (κ2) is 3.22. The van der Waals surface area contributed by atoms with E-state index in [0.29, 0.717) is 12.8 Å². The first-order valence-electron chi connectivity index (χ1n) is 4.57. The van der Waals surface area contributed by atoms with Gasteiger partial charge >= 0.3 is 0 Å². The Hall–Kier alpha value is -1.69. The Morgan fingerprint density at radius 1 is 1.29 bits per heavy atom. The van der Waals surface area contributed by atoms with Crippen molar-refractivity contribution in [3.05, 3.63) is 24.3 Å². The van der Waals surface area contributed by atoms with Gasteiger partial charge in [-0.1, -0.05) is 12.1 Å². The largest absolute Gasteiger partial charge is 0.449 e. The van der Waals surface area contributed by atoms with Crippen LogP contribution >= 0.6 is 0 Å². The molecule has 1 aliphatic heterocycles. The van der Waals surface area contributed by atoms with Gasteiger partial charge in [0.2, 0.25) is 5.79 Å². The van der Waals surface area contributed by atoms with Crippen LogP contribution in [-0.4, -0.2) is 5.79 Å². The predicted molar refractivity (Wildman–Crippen MR) is 51.0 cm³/mol. The maximum Gasteiger partial charge on any atom is 0.249 e. The Labute approximate surface area is 82.9 Å². The smallest absolute Gasteiger partial charge is 0.249 e. The van der Waals surface area contributed by atoms with Crippen LogP contribution in [0.5, 0.6) is 11.5 Å². The lowest BCUT2D eigenvalue weighted by Gasteiger charge is -2.21. The van der Waals surface area contributed by atoms with Crippen LogP contribution in [0.2, 0.25) is 0 Å². The number of nitriles is 1. The number of fused-ring (bicyclic) bond motifs is 1. The zero-order valence-corrected chi connectivity index (χ0v) is 7.99. The quantitative estimate of drug-likeness (QED) is 0.717. The highest BCUT2D eigenvalue weighted by atomic mass is 16.7. The number of benzene rings is 1. The molecule has 0 saturated heterocycles. The van der Waals surface area contributed by atoms with E-state index in [2.05, 4.69) is 6.07 Å². The first kappa shape index (κ1) is 8.89. The summed E-state index contributed by atoms with van der Waals surface area (Å²) in [6.45, 7) is 1.85. The van der Waals surface area contributed by atoms with Gasteiger partial charge in [-0.15, -0.1) is 0 Å². The molecule has 1 aromatic rings. The van der Waals surface area contributed by atoms with E-state index < -0.39 is 5.79 Å². The van der Waals surface area contributed by atoms with Crippen molar-refractivity contribution < 1.29 is 9.47 Å². The monoisotopic (exact) mass is 189 g/mol. The van der Waals surface area contributed by atoms with Gasteiger partial charge in [-0.05, 0) is 12.1 Å². The molecule has 0 unspecified atom stereocenters. The number of hydrogen-bond donors (Lipinski definition) is 0. The molecule has 0 spiro atoms. The van der Waals surface area contributed by atoms with E-state index in [1.54, 1.807) is 0 Å². The number of para-hydroxylation sites is 2. The summed E-state index contributed by atoms with van der Waals surface area (Å²) in [5.41, 5.74) is 0. The van der Waals surface area contributed by atoms with Crippen LogP contribution in [0.25, 0.3) is 0 Å². The van der Waals surface area contributed by atoms with E-state index in [4.69, 9.17) is 14.7 Å². The van der Waals surface area contributed by atoms with Crippen LogP contribution < -0.4 is 9.47 Å². The standard InChI is InChI=1S/C11H11NO2/c1-11(7-4-8-12)13-9-5-2-3-6-10(9)14-11/h2-3,5-6H,4,7H2,1H3. The van der Waals surface area contributed by atoms with Crippen LogP contribution in [0.15, 0.2) is 24.3 Å². The highest BCUT2D eigenvalue weighted by Gasteiger charge is 2.35. The maximum atomic E-state index is 8.50. The van der Waals surface area contributed by atoms with Gasteiger partial charge < -0.3 is 9.47 Å². The molecular weight excluding hydrogens is 178 g/mol. The molecule has 0 N–H and O–H groups in total.